The second-order valence-electron chi connectivity index (χ2n) is 4.35. The van der Waals surface area contributed by atoms with E-state index in [-0.39, 0.29) is 30.2 Å². The van der Waals surface area contributed by atoms with Gasteiger partial charge < -0.3 is 10.6 Å². The average molecular weight is 273 g/mol. The number of hydrogen-bond donors (Lipinski definition) is 2. The van der Waals surface area contributed by atoms with E-state index in [9.17, 15) is 9.18 Å². The summed E-state index contributed by atoms with van der Waals surface area (Å²) < 4.78 is 12.7. The maximum Gasteiger partial charge on any atom is 0.237 e. The summed E-state index contributed by atoms with van der Waals surface area (Å²) in [5.74, 6) is -0.219. The van der Waals surface area contributed by atoms with Crippen molar-refractivity contribution in [3.63, 3.8) is 0 Å². The van der Waals surface area contributed by atoms with Crippen LogP contribution in [-0.2, 0) is 11.3 Å². The van der Waals surface area contributed by atoms with Gasteiger partial charge in [0.05, 0.1) is 6.04 Å². The molecule has 100 valence electrons. The van der Waals surface area contributed by atoms with Crippen molar-refractivity contribution in [2.45, 2.75) is 31.8 Å². The number of amides is 1. The van der Waals surface area contributed by atoms with Crippen LogP contribution in [0.4, 0.5) is 4.39 Å². The molecule has 2 rings (SSSR count). The van der Waals surface area contributed by atoms with Gasteiger partial charge in [0.15, 0.2) is 0 Å². The third-order valence-electron chi connectivity index (χ3n) is 3.01. The SMILES string of the molecule is Cl.O=C(NCc1ccc(F)cc1)[C@@H]1CCCCN1. The van der Waals surface area contributed by atoms with Crippen LogP contribution in [0, 0.1) is 5.82 Å². The summed E-state index contributed by atoms with van der Waals surface area (Å²) in [5.41, 5.74) is 0.913. The highest BCUT2D eigenvalue weighted by Gasteiger charge is 2.19. The lowest BCUT2D eigenvalue weighted by Gasteiger charge is -2.22. The third-order valence-corrected chi connectivity index (χ3v) is 3.01. The van der Waals surface area contributed by atoms with E-state index in [4.69, 9.17) is 0 Å². The van der Waals surface area contributed by atoms with E-state index in [1.54, 1.807) is 12.1 Å². The molecular formula is C13H18ClFN2O. The summed E-state index contributed by atoms with van der Waals surface area (Å²) in [4.78, 5) is 11.8. The Labute approximate surface area is 113 Å². The highest BCUT2D eigenvalue weighted by molar-refractivity contribution is 5.85. The van der Waals surface area contributed by atoms with Gasteiger partial charge in [-0.05, 0) is 37.1 Å². The van der Waals surface area contributed by atoms with E-state index < -0.39 is 0 Å². The van der Waals surface area contributed by atoms with E-state index in [1.165, 1.54) is 12.1 Å². The fourth-order valence-corrected chi connectivity index (χ4v) is 1.99. The molecule has 1 amide bonds. The highest BCUT2D eigenvalue weighted by Crippen LogP contribution is 2.07. The number of piperidine rings is 1. The summed E-state index contributed by atoms with van der Waals surface area (Å²) in [6.45, 7) is 1.37. The molecule has 1 heterocycles. The smallest absolute Gasteiger partial charge is 0.237 e. The summed E-state index contributed by atoms with van der Waals surface area (Å²) >= 11 is 0. The van der Waals surface area contributed by atoms with Crippen molar-refractivity contribution in [3.8, 4) is 0 Å². The van der Waals surface area contributed by atoms with Crippen molar-refractivity contribution in [1.82, 2.24) is 10.6 Å². The van der Waals surface area contributed by atoms with Crippen molar-refractivity contribution >= 4 is 18.3 Å². The molecule has 1 saturated heterocycles. The zero-order chi connectivity index (χ0) is 12.1. The molecule has 0 aliphatic carbocycles. The largest absolute Gasteiger partial charge is 0.351 e. The summed E-state index contributed by atoms with van der Waals surface area (Å²) in [6.07, 6.45) is 3.14. The molecule has 5 heteroatoms. The lowest BCUT2D eigenvalue weighted by atomic mass is 10.0. The first-order valence-electron chi connectivity index (χ1n) is 6.01. The number of carbonyl (C=O) groups is 1. The Balaban J connectivity index is 0.00000162. The minimum absolute atomic E-state index is 0. The third kappa shape index (κ3) is 4.27. The quantitative estimate of drug-likeness (QED) is 0.884. The van der Waals surface area contributed by atoms with Crippen molar-refractivity contribution < 1.29 is 9.18 Å². The zero-order valence-electron chi connectivity index (χ0n) is 10.1. The monoisotopic (exact) mass is 272 g/mol. The molecule has 1 aromatic rings. The lowest BCUT2D eigenvalue weighted by molar-refractivity contribution is -0.123. The Morgan fingerprint density at radius 3 is 2.67 bits per heavy atom. The van der Waals surface area contributed by atoms with Crippen LogP contribution in [0.2, 0.25) is 0 Å². The molecule has 0 aromatic heterocycles. The molecule has 1 aliphatic rings. The van der Waals surface area contributed by atoms with Gasteiger partial charge >= 0.3 is 0 Å². The van der Waals surface area contributed by atoms with Gasteiger partial charge in [0.1, 0.15) is 5.82 Å². The summed E-state index contributed by atoms with van der Waals surface area (Å²) in [6, 6.07) is 6.11. The first-order chi connectivity index (χ1) is 8.25. The van der Waals surface area contributed by atoms with E-state index >= 15 is 0 Å². The van der Waals surface area contributed by atoms with Crippen molar-refractivity contribution in [3.05, 3.63) is 35.6 Å². The summed E-state index contributed by atoms with van der Waals surface area (Å²) in [7, 11) is 0. The van der Waals surface area contributed by atoms with Gasteiger partial charge in [0.25, 0.3) is 0 Å². The lowest BCUT2D eigenvalue weighted by Crippen LogP contribution is -2.46. The molecule has 1 atom stereocenters. The van der Waals surface area contributed by atoms with Crippen LogP contribution in [0.15, 0.2) is 24.3 Å². The van der Waals surface area contributed by atoms with Crippen molar-refractivity contribution in [2.75, 3.05) is 6.54 Å². The predicted octanol–water partition coefficient (Wildman–Crippen LogP) is 2.01. The second kappa shape index (κ2) is 7.34. The second-order valence-corrected chi connectivity index (χ2v) is 4.35. The molecule has 0 spiro atoms. The average Bonchev–Trinajstić information content (AvgIpc) is 2.39. The molecule has 2 N–H and O–H groups in total. The van der Waals surface area contributed by atoms with Gasteiger partial charge in [-0.2, -0.15) is 0 Å². The van der Waals surface area contributed by atoms with Gasteiger partial charge in [0, 0.05) is 6.54 Å². The maximum atomic E-state index is 12.7. The van der Waals surface area contributed by atoms with E-state index in [1.807, 2.05) is 0 Å². The Morgan fingerprint density at radius 1 is 1.33 bits per heavy atom. The fourth-order valence-electron chi connectivity index (χ4n) is 1.99. The molecule has 3 nitrogen and oxygen atoms in total. The van der Waals surface area contributed by atoms with Crippen LogP contribution in [0.5, 0.6) is 0 Å². The van der Waals surface area contributed by atoms with Gasteiger partial charge in [-0.25, -0.2) is 4.39 Å². The number of rotatable bonds is 3. The van der Waals surface area contributed by atoms with Crippen molar-refractivity contribution in [2.24, 2.45) is 0 Å². The van der Waals surface area contributed by atoms with Gasteiger partial charge in [-0.15, -0.1) is 12.4 Å². The molecule has 0 saturated carbocycles. The zero-order valence-corrected chi connectivity index (χ0v) is 10.9. The highest BCUT2D eigenvalue weighted by atomic mass is 35.5. The standard InChI is InChI=1S/C13H17FN2O.ClH/c14-11-6-4-10(5-7-11)9-16-13(17)12-3-1-2-8-15-12;/h4-7,12,15H,1-3,8-9H2,(H,16,17);1H/t12-;/m0./s1. The number of carbonyl (C=O) groups excluding carboxylic acids is 1. The normalized spacial score (nSPS) is 18.8. The minimum atomic E-state index is -0.256. The Kier molecular flexibility index (Phi) is 6.09. The number of halogens is 2. The molecule has 0 bridgehead atoms. The molecule has 1 aliphatic heterocycles. The van der Waals surface area contributed by atoms with Crippen LogP contribution in [-0.4, -0.2) is 18.5 Å². The van der Waals surface area contributed by atoms with Crippen LogP contribution < -0.4 is 10.6 Å². The molecule has 0 radical (unpaired) electrons. The Bertz CT molecular complexity index is 377. The van der Waals surface area contributed by atoms with Crippen molar-refractivity contribution in [1.29, 1.82) is 0 Å². The molecule has 1 fully saturated rings. The van der Waals surface area contributed by atoms with Crippen LogP contribution in [0.3, 0.4) is 0 Å². The van der Waals surface area contributed by atoms with Gasteiger partial charge in [-0.1, -0.05) is 18.6 Å². The van der Waals surface area contributed by atoms with E-state index in [2.05, 4.69) is 10.6 Å². The number of benzene rings is 1. The first-order valence-corrected chi connectivity index (χ1v) is 6.01. The number of nitrogens with one attached hydrogen (secondary N) is 2. The summed E-state index contributed by atoms with van der Waals surface area (Å²) in [5, 5.41) is 6.06. The minimum Gasteiger partial charge on any atom is -0.351 e. The van der Waals surface area contributed by atoms with E-state index in [0.717, 1.165) is 31.4 Å². The van der Waals surface area contributed by atoms with Crippen LogP contribution in [0.1, 0.15) is 24.8 Å². The Morgan fingerprint density at radius 2 is 2.06 bits per heavy atom. The molecule has 18 heavy (non-hydrogen) atoms. The molecule has 0 unspecified atom stereocenters. The fraction of sp³-hybridized carbons (Fsp3) is 0.462. The predicted molar refractivity (Wildman–Crippen MR) is 71.1 cm³/mol. The van der Waals surface area contributed by atoms with Gasteiger partial charge in [0.2, 0.25) is 5.91 Å². The molecule has 1 aromatic carbocycles. The van der Waals surface area contributed by atoms with Crippen LogP contribution >= 0.6 is 12.4 Å². The topological polar surface area (TPSA) is 41.1 Å². The maximum absolute atomic E-state index is 12.7. The van der Waals surface area contributed by atoms with Crippen LogP contribution in [0.25, 0.3) is 0 Å². The Hall–Kier alpha value is -1.13. The molecular weight excluding hydrogens is 255 g/mol. The first kappa shape index (κ1) is 14.9. The number of hydrogen-bond acceptors (Lipinski definition) is 2. The van der Waals surface area contributed by atoms with E-state index in [0.29, 0.717) is 6.54 Å². The van der Waals surface area contributed by atoms with Gasteiger partial charge in [-0.3, -0.25) is 4.79 Å².